The van der Waals surface area contributed by atoms with Gasteiger partial charge in [0.1, 0.15) is 0 Å². The normalized spacial score (nSPS) is 29.6. The Morgan fingerprint density at radius 3 is 2.56 bits per heavy atom. The second-order valence-corrected chi connectivity index (χ2v) is 6.02. The van der Waals surface area contributed by atoms with Crippen molar-refractivity contribution in [2.24, 2.45) is 11.8 Å². The Hall–Kier alpha value is -0.0800. The van der Waals surface area contributed by atoms with E-state index in [1.54, 1.807) is 0 Å². The zero-order valence-electron chi connectivity index (χ0n) is 11.8. The van der Waals surface area contributed by atoms with E-state index < -0.39 is 0 Å². The molecule has 1 rings (SSSR count). The third kappa shape index (κ3) is 4.42. The van der Waals surface area contributed by atoms with Gasteiger partial charge in [0.15, 0.2) is 0 Å². The fourth-order valence-corrected chi connectivity index (χ4v) is 2.58. The van der Waals surface area contributed by atoms with E-state index in [0.717, 1.165) is 24.4 Å². The van der Waals surface area contributed by atoms with Gasteiger partial charge in [-0.3, -0.25) is 0 Å². The molecule has 1 heterocycles. The van der Waals surface area contributed by atoms with Crippen LogP contribution in [0.5, 0.6) is 0 Å². The largest absolute Gasteiger partial charge is 0.314 e. The smallest absolute Gasteiger partial charge is 0.00926 e. The summed E-state index contributed by atoms with van der Waals surface area (Å²) < 4.78 is 0. The predicted molar refractivity (Wildman–Crippen MR) is 71.7 cm³/mol. The van der Waals surface area contributed by atoms with E-state index in [4.69, 9.17) is 0 Å². The summed E-state index contributed by atoms with van der Waals surface area (Å²) in [5.41, 5.74) is 0. The molecule has 3 atom stereocenters. The number of likely N-dealkylation sites (tertiary alicyclic amines) is 1. The van der Waals surface area contributed by atoms with Crippen LogP contribution in [-0.4, -0.2) is 36.6 Å². The van der Waals surface area contributed by atoms with E-state index in [-0.39, 0.29) is 0 Å². The number of nitrogens with one attached hydrogen (secondary N) is 1. The standard InChI is InChI=1S/C14H30N2/c1-11(2)15-9-12(3)10-16-8-6-7-13(4)14(16)5/h11-15H,6-10H2,1-5H3. The highest BCUT2D eigenvalue weighted by Crippen LogP contribution is 2.23. The summed E-state index contributed by atoms with van der Waals surface area (Å²) in [6.07, 6.45) is 2.80. The summed E-state index contributed by atoms with van der Waals surface area (Å²) in [5.74, 6) is 1.63. The van der Waals surface area contributed by atoms with Crippen molar-refractivity contribution in [3.63, 3.8) is 0 Å². The van der Waals surface area contributed by atoms with E-state index in [1.165, 1.54) is 25.9 Å². The first-order chi connectivity index (χ1) is 7.50. The Morgan fingerprint density at radius 2 is 1.94 bits per heavy atom. The third-order valence-electron chi connectivity index (χ3n) is 3.93. The zero-order valence-corrected chi connectivity index (χ0v) is 11.8. The molecule has 0 aromatic heterocycles. The van der Waals surface area contributed by atoms with Crippen molar-refractivity contribution in [2.75, 3.05) is 19.6 Å². The first-order valence-electron chi connectivity index (χ1n) is 6.98. The lowest BCUT2D eigenvalue weighted by Crippen LogP contribution is -2.45. The van der Waals surface area contributed by atoms with Crippen molar-refractivity contribution in [1.29, 1.82) is 0 Å². The van der Waals surface area contributed by atoms with Gasteiger partial charge in [-0.1, -0.05) is 27.7 Å². The highest BCUT2D eigenvalue weighted by molar-refractivity contribution is 4.80. The Balaban J connectivity index is 2.29. The topological polar surface area (TPSA) is 15.3 Å². The van der Waals surface area contributed by atoms with Crippen molar-refractivity contribution >= 4 is 0 Å². The fraction of sp³-hybridized carbons (Fsp3) is 1.00. The van der Waals surface area contributed by atoms with Gasteiger partial charge < -0.3 is 10.2 Å². The van der Waals surface area contributed by atoms with E-state index in [0.29, 0.717) is 6.04 Å². The van der Waals surface area contributed by atoms with Crippen molar-refractivity contribution in [1.82, 2.24) is 10.2 Å². The monoisotopic (exact) mass is 226 g/mol. The minimum Gasteiger partial charge on any atom is -0.314 e. The molecule has 1 saturated heterocycles. The maximum absolute atomic E-state index is 3.53. The molecule has 16 heavy (non-hydrogen) atoms. The van der Waals surface area contributed by atoms with Crippen molar-refractivity contribution in [2.45, 2.75) is 59.5 Å². The average Bonchev–Trinajstić information content (AvgIpc) is 2.22. The molecule has 1 aliphatic rings. The molecule has 0 saturated carbocycles. The molecule has 0 amide bonds. The van der Waals surface area contributed by atoms with Crippen molar-refractivity contribution < 1.29 is 0 Å². The van der Waals surface area contributed by atoms with Gasteiger partial charge in [0.05, 0.1) is 0 Å². The highest BCUT2D eigenvalue weighted by Gasteiger charge is 2.25. The number of piperidine rings is 1. The summed E-state index contributed by atoms with van der Waals surface area (Å²) in [7, 11) is 0. The first kappa shape index (κ1) is 14.0. The van der Waals surface area contributed by atoms with Crippen LogP contribution >= 0.6 is 0 Å². The van der Waals surface area contributed by atoms with E-state index in [1.807, 2.05) is 0 Å². The minimum absolute atomic E-state index is 0.611. The molecule has 0 spiro atoms. The van der Waals surface area contributed by atoms with Crippen LogP contribution in [0.15, 0.2) is 0 Å². The van der Waals surface area contributed by atoms with E-state index in [9.17, 15) is 0 Å². The third-order valence-corrected chi connectivity index (χ3v) is 3.93. The SMILES string of the molecule is CC(CNC(C)C)CN1CCCC(C)C1C. The van der Waals surface area contributed by atoms with Crippen molar-refractivity contribution in [3.05, 3.63) is 0 Å². The molecule has 0 bridgehead atoms. The maximum Gasteiger partial charge on any atom is 0.00926 e. The van der Waals surface area contributed by atoms with Gasteiger partial charge in [0.2, 0.25) is 0 Å². The fourth-order valence-electron chi connectivity index (χ4n) is 2.58. The van der Waals surface area contributed by atoms with Crippen LogP contribution in [0, 0.1) is 11.8 Å². The molecule has 1 aliphatic heterocycles. The zero-order chi connectivity index (χ0) is 12.1. The second kappa shape index (κ2) is 6.61. The molecule has 2 heteroatoms. The lowest BCUT2D eigenvalue weighted by atomic mass is 9.91. The van der Waals surface area contributed by atoms with Gasteiger partial charge in [0, 0.05) is 18.6 Å². The predicted octanol–water partition coefficient (Wildman–Crippen LogP) is 2.74. The van der Waals surface area contributed by atoms with Gasteiger partial charge in [-0.15, -0.1) is 0 Å². The molecular weight excluding hydrogens is 196 g/mol. The Kier molecular flexibility index (Phi) is 5.77. The summed E-state index contributed by atoms with van der Waals surface area (Å²) in [5, 5.41) is 3.53. The van der Waals surface area contributed by atoms with Crippen LogP contribution < -0.4 is 5.32 Å². The Bertz CT molecular complexity index is 191. The molecule has 0 aromatic rings. The number of rotatable bonds is 5. The summed E-state index contributed by atoms with van der Waals surface area (Å²) in [4.78, 5) is 2.68. The van der Waals surface area contributed by atoms with Crippen LogP contribution in [0.4, 0.5) is 0 Å². The van der Waals surface area contributed by atoms with Gasteiger partial charge >= 0.3 is 0 Å². The number of nitrogens with zero attached hydrogens (tertiary/aromatic N) is 1. The van der Waals surface area contributed by atoms with Crippen LogP contribution in [0.2, 0.25) is 0 Å². The number of hydrogen-bond donors (Lipinski definition) is 1. The van der Waals surface area contributed by atoms with E-state index >= 15 is 0 Å². The van der Waals surface area contributed by atoms with Gasteiger partial charge in [-0.05, 0) is 44.7 Å². The van der Waals surface area contributed by atoms with Crippen LogP contribution in [0.3, 0.4) is 0 Å². The van der Waals surface area contributed by atoms with Gasteiger partial charge in [-0.2, -0.15) is 0 Å². The summed E-state index contributed by atoms with van der Waals surface area (Å²) >= 11 is 0. The molecule has 2 nitrogen and oxygen atoms in total. The Morgan fingerprint density at radius 1 is 1.25 bits per heavy atom. The van der Waals surface area contributed by atoms with Gasteiger partial charge in [0.25, 0.3) is 0 Å². The summed E-state index contributed by atoms with van der Waals surface area (Å²) in [6, 6.07) is 1.38. The Labute approximate surface area is 102 Å². The van der Waals surface area contributed by atoms with Crippen molar-refractivity contribution in [3.8, 4) is 0 Å². The quantitative estimate of drug-likeness (QED) is 0.775. The van der Waals surface area contributed by atoms with Crippen LogP contribution in [-0.2, 0) is 0 Å². The summed E-state index contributed by atoms with van der Waals surface area (Å²) in [6.45, 7) is 15.3. The highest BCUT2D eigenvalue weighted by atomic mass is 15.2. The van der Waals surface area contributed by atoms with E-state index in [2.05, 4.69) is 44.8 Å². The molecule has 1 N–H and O–H groups in total. The first-order valence-corrected chi connectivity index (χ1v) is 6.98. The number of hydrogen-bond acceptors (Lipinski definition) is 2. The van der Waals surface area contributed by atoms with Crippen LogP contribution in [0.25, 0.3) is 0 Å². The molecule has 1 fully saturated rings. The second-order valence-electron chi connectivity index (χ2n) is 6.02. The maximum atomic E-state index is 3.53. The lowest BCUT2D eigenvalue weighted by Gasteiger charge is -2.39. The minimum atomic E-state index is 0.611. The molecule has 0 radical (unpaired) electrons. The lowest BCUT2D eigenvalue weighted by molar-refractivity contribution is 0.0975. The molecule has 0 aromatic carbocycles. The van der Waals surface area contributed by atoms with Gasteiger partial charge in [-0.25, -0.2) is 0 Å². The molecule has 3 unspecified atom stereocenters. The molecular formula is C14H30N2. The molecule has 0 aliphatic carbocycles. The van der Waals surface area contributed by atoms with Crippen LogP contribution in [0.1, 0.15) is 47.5 Å². The average molecular weight is 226 g/mol. The molecule has 96 valence electrons.